The summed E-state index contributed by atoms with van der Waals surface area (Å²) in [5.41, 5.74) is 7.32. The summed E-state index contributed by atoms with van der Waals surface area (Å²) in [7, 11) is 0. The molecule has 0 saturated carbocycles. The molecule has 0 aliphatic rings. The van der Waals surface area contributed by atoms with E-state index in [2.05, 4.69) is 15.6 Å². The maximum Gasteiger partial charge on any atom is 0.239 e. The van der Waals surface area contributed by atoms with Crippen LogP contribution in [0.3, 0.4) is 0 Å². The largest absolute Gasteiger partial charge is 0.396 e. The minimum absolute atomic E-state index is 0.0693. The SMILES string of the molecule is CCNC(=O)CNc1nccc(C)c1N. The Bertz CT molecular complexity index is 351. The van der Waals surface area contributed by atoms with E-state index in [0.717, 1.165) is 5.56 Å². The van der Waals surface area contributed by atoms with Crippen molar-refractivity contribution in [3.8, 4) is 0 Å². The molecule has 1 aromatic heterocycles. The van der Waals surface area contributed by atoms with Gasteiger partial charge in [-0.15, -0.1) is 0 Å². The van der Waals surface area contributed by atoms with Crippen molar-refractivity contribution < 1.29 is 4.79 Å². The maximum absolute atomic E-state index is 11.2. The van der Waals surface area contributed by atoms with Crippen LogP contribution in [0.4, 0.5) is 11.5 Å². The molecule has 0 aliphatic carbocycles. The van der Waals surface area contributed by atoms with E-state index in [1.807, 2.05) is 19.9 Å². The van der Waals surface area contributed by atoms with Crippen molar-refractivity contribution >= 4 is 17.4 Å². The van der Waals surface area contributed by atoms with Gasteiger partial charge in [0.15, 0.2) is 0 Å². The number of anilines is 2. The Balaban J connectivity index is 2.58. The Morgan fingerprint density at radius 3 is 3.00 bits per heavy atom. The van der Waals surface area contributed by atoms with Crippen LogP contribution in [0.2, 0.25) is 0 Å². The van der Waals surface area contributed by atoms with Crippen molar-refractivity contribution in [3.63, 3.8) is 0 Å². The number of rotatable bonds is 4. The van der Waals surface area contributed by atoms with E-state index in [0.29, 0.717) is 18.1 Å². The molecule has 1 amide bonds. The summed E-state index contributed by atoms with van der Waals surface area (Å²) in [6.07, 6.45) is 1.66. The standard InChI is InChI=1S/C10H16N4O/c1-3-12-8(15)6-14-10-9(11)7(2)4-5-13-10/h4-5H,3,6,11H2,1-2H3,(H,12,15)(H,13,14). The molecule has 1 rings (SSSR count). The highest BCUT2D eigenvalue weighted by atomic mass is 16.1. The second-order valence-electron chi connectivity index (χ2n) is 3.20. The zero-order valence-electron chi connectivity index (χ0n) is 9.00. The minimum atomic E-state index is -0.0693. The molecule has 4 N–H and O–H groups in total. The van der Waals surface area contributed by atoms with Gasteiger partial charge in [-0.1, -0.05) is 0 Å². The Morgan fingerprint density at radius 1 is 1.60 bits per heavy atom. The number of carbonyl (C=O) groups excluding carboxylic acids is 1. The number of aromatic nitrogens is 1. The lowest BCUT2D eigenvalue weighted by molar-refractivity contribution is -0.119. The molecule has 0 unspecified atom stereocenters. The second-order valence-corrected chi connectivity index (χ2v) is 3.20. The number of hydrogen-bond donors (Lipinski definition) is 3. The lowest BCUT2D eigenvalue weighted by Gasteiger charge is -2.09. The van der Waals surface area contributed by atoms with Crippen molar-refractivity contribution in [1.82, 2.24) is 10.3 Å². The Kier molecular flexibility index (Phi) is 3.91. The molecule has 0 spiro atoms. The van der Waals surface area contributed by atoms with Gasteiger partial charge in [0.1, 0.15) is 5.82 Å². The monoisotopic (exact) mass is 208 g/mol. The molecule has 0 saturated heterocycles. The molecule has 5 heteroatoms. The molecule has 0 aliphatic heterocycles. The number of nitrogens with zero attached hydrogens (tertiary/aromatic N) is 1. The van der Waals surface area contributed by atoms with Crippen molar-refractivity contribution in [2.24, 2.45) is 0 Å². The third-order valence-corrected chi connectivity index (χ3v) is 2.00. The maximum atomic E-state index is 11.2. The molecule has 0 fully saturated rings. The molecule has 5 nitrogen and oxygen atoms in total. The number of aryl methyl sites for hydroxylation is 1. The number of pyridine rings is 1. The zero-order chi connectivity index (χ0) is 11.3. The van der Waals surface area contributed by atoms with E-state index in [4.69, 9.17) is 5.73 Å². The van der Waals surface area contributed by atoms with E-state index < -0.39 is 0 Å². The average Bonchev–Trinajstić information content (AvgIpc) is 2.21. The van der Waals surface area contributed by atoms with Gasteiger partial charge < -0.3 is 16.4 Å². The molecule has 82 valence electrons. The van der Waals surface area contributed by atoms with Crippen molar-refractivity contribution in [1.29, 1.82) is 0 Å². The molecule has 1 aromatic rings. The number of nitrogen functional groups attached to an aromatic ring is 1. The highest BCUT2D eigenvalue weighted by molar-refractivity contribution is 5.81. The van der Waals surface area contributed by atoms with Crippen LogP contribution in [0.1, 0.15) is 12.5 Å². The fourth-order valence-corrected chi connectivity index (χ4v) is 1.13. The molecular formula is C10H16N4O. The van der Waals surface area contributed by atoms with Crippen LogP contribution in [0.15, 0.2) is 12.3 Å². The van der Waals surface area contributed by atoms with Crippen molar-refractivity contribution in [2.75, 3.05) is 24.1 Å². The molecular weight excluding hydrogens is 192 g/mol. The van der Waals surface area contributed by atoms with Crippen molar-refractivity contribution in [2.45, 2.75) is 13.8 Å². The van der Waals surface area contributed by atoms with Crippen LogP contribution in [0.25, 0.3) is 0 Å². The number of likely N-dealkylation sites (N-methyl/N-ethyl adjacent to an activating group) is 1. The van der Waals surface area contributed by atoms with Gasteiger partial charge in [0.05, 0.1) is 12.2 Å². The summed E-state index contributed by atoms with van der Waals surface area (Å²) >= 11 is 0. The Morgan fingerprint density at radius 2 is 2.33 bits per heavy atom. The first-order valence-electron chi connectivity index (χ1n) is 4.86. The lowest BCUT2D eigenvalue weighted by Crippen LogP contribution is -2.29. The summed E-state index contributed by atoms with van der Waals surface area (Å²) in [4.78, 5) is 15.2. The van der Waals surface area contributed by atoms with E-state index >= 15 is 0 Å². The Labute approximate surface area is 89.1 Å². The number of carbonyl (C=O) groups is 1. The number of hydrogen-bond acceptors (Lipinski definition) is 4. The highest BCUT2D eigenvalue weighted by Gasteiger charge is 2.04. The quantitative estimate of drug-likeness (QED) is 0.674. The van der Waals surface area contributed by atoms with Crippen LogP contribution >= 0.6 is 0 Å². The predicted octanol–water partition coefficient (Wildman–Crippen LogP) is 0.520. The smallest absolute Gasteiger partial charge is 0.239 e. The van der Waals surface area contributed by atoms with Gasteiger partial charge in [-0.2, -0.15) is 0 Å². The van der Waals surface area contributed by atoms with Gasteiger partial charge in [-0.05, 0) is 25.5 Å². The van der Waals surface area contributed by atoms with Gasteiger partial charge >= 0.3 is 0 Å². The summed E-state index contributed by atoms with van der Waals surface area (Å²) in [5.74, 6) is 0.487. The summed E-state index contributed by atoms with van der Waals surface area (Å²) in [5, 5.41) is 5.57. The van der Waals surface area contributed by atoms with E-state index in [9.17, 15) is 4.79 Å². The van der Waals surface area contributed by atoms with Crippen molar-refractivity contribution in [3.05, 3.63) is 17.8 Å². The van der Waals surface area contributed by atoms with Gasteiger partial charge in [0.2, 0.25) is 5.91 Å². The van der Waals surface area contributed by atoms with E-state index in [1.165, 1.54) is 0 Å². The van der Waals surface area contributed by atoms with Gasteiger partial charge in [0.25, 0.3) is 0 Å². The summed E-state index contributed by atoms with van der Waals surface area (Å²) in [6.45, 7) is 4.58. The fourth-order valence-electron chi connectivity index (χ4n) is 1.13. The first-order chi connectivity index (χ1) is 7.15. The summed E-state index contributed by atoms with van der Waals surface area (Å²) < 4.78 is 0. The molecule has 0 aromatic carbocycles. The first-order valence-corrected chi connectivity index (χ1v) is 4.86. The number of nitrogens with one attached hydrogen (secondary N) is 2. The third kappa shape index (κ3) is 3.12. The molecule has 15 heavy (non-hydrogen) atoms. The number of nitrogens with two attached hydrogens (primary N) is 1. The molecule has 1 heterocycles. The number of amides is 1. The topological polar surface area (TPSA) is 80.0 Å². The van der Waals surface area contributed by atoms with Gasteiger partial charge in [-0.3, -0.25) is 4.79 Å². The van der Waals surface area contributed by atoms with Crippen LogP contribution in [-0.2, 0) is 4.79 Å². The lowest BCUT2D eigenvalue weighted by atomic mass is 10.2. The second kappa shape index (κ2) is 5.19. The predicted molar refractivity (Wildman–Crippen MR) is 60.6 cm³/mol. The minimum Gasteiger partial charge on any atom is -0.396 e. The first kappa shape index (κ1) is 11.3. The summed E-state index contributed by atoms with van der Waals surface area (Å²) in [6, 6.07) is 1.83. The normalized spacial score (nSPS) is 9.73. The third-order valence-electron chi connectivity index (χ3n) is 2.00. The van der Waals surface area contributed by atoms with Crippen LogP contribution < -0.4 is 16.4 Å². The van der Waals surface area contributed by atoms with Crippen LogP contribution in [0.5, 0.6) is 0 Å². The highest BCUT2D eigenvalue weighted by Crippen LogP contribution is 2.17. The molecule has 0 atom stereocenters. The molecule has 0 bridgehead atoms. The Hall–Kier alpha value is -1.78. The van der Waals surface area contributed by atoms with E-state index in [1.54, 1.807) is 6.20 Å². The zero-order valence-corrected chi connectivity index (χ0v) is 9.00. The van der Waals surface area contributed by atoms with Crippen LogP contribution in [0, 0.1) is 6.92 Å². The van der Waals surface area contributed by atoms with E-state index in [-0.39, 0.29) is 12.5 Å². The average molecular weight is 208 g/mol. The van der Waals surface area contributed by atoms with Gasteiger partial charge in [-0.25, -0.2) is 4.98 Å². The van der Waals surface area contributed by atoms with Crippen LogP contribution in [-0.4, -0.2) is 24.0 Å². The van der Waals surface area contributed by atoms with Gasteiger partial charge in [0, 0.05) is 12.7 Å². The molecule has 0 radical (unpaired) electrons. The fraction of sp³-hybridized carbons (Fsp3) is 0.400.